The van der Waals surface area contributed by atoms with Gasteiger partial charge in [-0.25, -0.2) is 15.0 Å². The van der Waals surface area contributed by atoms with E-state index < -0.39 is 0 Å². The molecule has 6 nitrogen and oxygen atoms in total. The highest BCUT2D eigenvalue weighted by Crippen LogP contribution is 2.30. The van der Waals surface area contributed by atoms with Gasteiger partial charge in [-0.2, -0.15) is 0 Å². The van der Waals surface area contributed by atoms with Crippen LogP contribution in [0.25, 0.3) is 28.2 Å². The van der Waals surface area contributed by atoms with E-state index in [0.717, 1.165) is 33.7 Å². The number of aryl methyl sites for hydroxylation is 1. The largest absolute Gasteiger partial charge is 0.392 e. The van der Waals surface area contributed by atoms with Gasteiger partial charge in [0.1, 0.15) is 11.3 Å². The summed E-state index contributed by atoms with van der Waals surface area (Å²) in [5, 5.41) is 9.28. The third kappa shape index (κ3) is 2.62. The van der Waals surface area contributed by atoms with Crippen LogP contribution in [0, 0.1) is 6.92 Å². The highest BCUT2D eigenvalue weighted by atomic mass is 16.3. The van der Waals surface area contributed by atoms with Gasteiger partial charge in [-0.15, -0.1) is 0 Å². The third-order valence-electron chi connectivity index (χ3n) is 4.10. The molecule has 0 radical (unpaired) electrons. The second-order valence-corrected chi connectivity index (χ2v) is 5.83. The number of hydrogen-bond donors (Lipinski definition) is 2. The van der Waals surface area contributed by atoms with E-state index in [1.807, 2.05) is 60.0 Å². The van der Waals surface area contributed by atoms with Crippen LogP contribution in [0.3, 0.4) is 0 Å². The molecule has 0 unspecified atom stereocenters. The summed E-state index contributed by atoms with van der Waals surface area (Å²) in [5.41, 5.74) is 11.0. The van der Waals surface area contributed by atoms with Crippen LogP contribution < -0.4 is 5.73 Å². The fourth-order valence-corrected chi connectivity index (χ4v) is 2.83. The van der Waals surface area contributed by atoms with Gasteiger partial charge in [0.2, 0.25) is 0 Å². The summed E-state index contributed by atoms with van der Waals surface area (Å²) in [6, 6.07) is 15.3. The molecule has 4 rings (SSSR count). The average molecular weight is 331 g/mol. The molecule has 0 spiro atoms. The van der Waals surface area contributed by atoms with E-state index in [2.05, 4.69) is 9.97 Å². The van der Waals surface area contributed by atoms with Gasteiger partial charge >= 0.3 is 0 Å². The van der Waals surface area contributed by atoms with Crippen LogP contribution in [0.2, 0.25) is 0 Å². The van der Waals surface area contributed by atoms with Crippen molar-refractivity contribution in [3.8, 4) is 17.1 Å². The van der Waals surface area contributed by atoms with Crippen LogP contribution >= 0.6 is 0 Å². The predicted molar refractivity (Wildman–Crippen MR) is 97.2 cm³/mol. The minimum atomic E-state index is 0.00469. The second kappa shape index (κ2) is 5.99. The maximum Gasteiger partial charge on any atom is 0.165 e. The summed E-state index contributed by atoms with van der Waals surface area (Å²) in [5.74, 6) is 1.11. The lowest BCUT2D eigenvalue weighted by Gasteiger charge is -2.10. The number of aliphatic hydroxyl groups is 1. The second-order valence-electron chi connectivity index (χ2n) is 5.83. The molecule has 3 heterocycles. The lowest BCUT2D eigenvalue weighted by atomic mass is 10.2. The van der Waals surface area contributed by atoms with E-state index >= 15 is 0 Å². The maximum absolute atomic E-state index is 9.28. The number of anilines is 1. The Labute approximate surface area is 144 Å². The smallest absolute Gasteiger partial charge is 0.165 e. The summed E-state index contributed by atoms with van der Waals surface area (Å²) in [6.45, 7) is 1.95. The Hall–Kier alpha value is -3.25. The molecule has 25 heavy (non-hydrogen) atoms. The topological polar surface area (TPSA) is 89.8 Å². The Morgan fingerprint density at radius 3 is 2.56 bits per heavy atom. The van der Waals surface area contributed by atoms with Crippen LogP contribution in [0.4, 0.5) is 5.82 Å². The number of nitrogen functional groups attached to an aromatic ring is 1. The SMILES string of the molecule is Cc1ccc2nc(-c3cccnc3N)n(-c3ccc(CO)cc3)c2n1. The molecule has 3 N–H and O–H groups in total. The molecule has 0 atom stereocenters. The molecule has 0 aliphatic rings. The van der Waals surface area contributed by atoms with Gasteiger partial charge in [-0.3, -0.25) is 4.57 Å². The molecule has 6 heteroatoms. The first kappa shape index (κ1) is 15.3. The van der Waals surface area contributed by atoms with E-state index in [4.69, 9.17) is 10.7 Å². The molecule has 0 fully saturated rings. The zero-order valence-electron chi connectivity index (χ0n) is 13.7. The zero-order valence-corrected chi connectivity index (χ0v) is 13.7. The molecule has 0 aliphatic carbocycles. The normalized spacial score (nSPS) is 11.1. The minimum Gasteiger partial charge on any atom is -0.392 e. The fraction of sp³-hybridized carbons (Fsp3) is 0.105. The Bertz CT molecular complexity index is 1050. The first-order chi connectivity index (χ1) is 12.2. The molecule has 4 aromatic rings. The Balaban J connectivity index is 2.03. The van der Waals surface area contributed by atoms with Crippen LogP contribution in [-0.2, 0) is 6.61 Å². The van der Waals surface area contributed by atoms with Crippen molar-refractivity contribution < 1.29 is 5.11 Å². The third-order valence-corrected chi connectivity index (χ3v) is 4.10. The Kier molecular flexibility index (Phi) is 3.66. The van der Waals surface area contributed by atoms with Crippen molar-refractivity contribution in [1.29, 1.82) is 0 Å². The van der Waals surface area contributed by atoms with Crippen molar-refractivity contribution in [3.63, 3.8) is 0 Å². The number of nitrogens with two attached hydrogens (primary N) is 1. The van der Waals surface area contributed by atoms with Crippen LogP contribution in [0.15, 0.2) is 54.7 Å². The van der Waals surface area contributed by atoms with Gasteiger partial charge in [-0.05, 0) is 48.9 Å². The number of hydrogen-bond acceptors (Lipinski definition) is 5. The highest BCUT2D eigenvalue weighted by molar-refractivity contribution is 5.82. The monoisotopic (exact) mass is 331 g/mol. The zero-order chi connectivity index (χ0) is 17.4. The summed E-state index contributed by atoms with van der Waals surface area (Å²) in [4.78, 5) is 13.6. The molecule has 1 aromatic carbocycles. The number of fused-ring (bicyclic) bond motifs is 1. The summed E-state index contributed by atoms with van der Waals surface area (Å²) < 4.78 is 1.97. The number of benzene rings is 1. The number of pyridine rings is 2. The number of rotatable bonds is 3. The maximum atomic E-state index is 9.28. The van der Waals surface area contributed by atoms with Crippen molar-refractivity contribution >= 4 is 17.0 Å². The van der Waals surface area contributed by atoms with Crippen LogP contribution in [0.5, 0.6) is 0 Å². The Morgan fingerprint density at radius 2 is 1.84 bits per heavy atom. The molecule has 0 saturated heterocycles. The molecule has 0 amide bonds. The van der Waals surface area contributed by atoms with E-state index in [0.29, 0.717) is 11.6 Å². The van der Waals surface area contributed by atoms with Crippen LogP contribution in [-0.4, -0.2) is 24.6 Å². The first-order valence-electron chi connectivity index (χ1n) is 7.94. The minimum absolute atomic E-state index is 0.00469. The van der Waals surface area contributed by atoms with Crippen molar-refractivity contribution in [2.75, 3.05) is 5.73 Å². The van der Waals surface area contributed by atoms with Crippen molar-refractivity contribution in [1.82, 2.24) is 19.5 Å². The van der Waals surface area contributed by atoms with Gasteiger partial charge < -0.3 is 10.8 Å². The number of nitrogens with zero attached hydrogens (tertiary/aromatic N) is 4. The van der Waals surface area contributed by atoms with Gasteiger partial charge in [-0.1, -0.05) is 12.1 Å². The van der Waals surface area contributed by atoms with E-state index in [-0.39, 0.29) is 6.61 Å². The van der Waals surface area contributed by atoms with E-state index in [9.17, 15) is 5.11 Å². The highest BCUT2D eigenvalue weighted by Gasteiger charge is 2.17. The standard InChI is InChI=1S/C19H17N5O/c1-12-4-9-16-19(22-12)24(14-7-5-13(11-25)6-8-14)18(23-16)15-3-2-10-21-17(15)20/h2-10,25H,11H2,1H3,(H2,20,21). The van der Waals surface area contributed by atoms with Gasteiger partial charge in [0.05, 0.1) is 12.2 Å². The lowest BCUT2D eigenvalue weighted by molar-refractivity contribution is 0.282. The summed E-state index contributed by atoms with van der Waals surface area (Å²) >= 11 is 0. The molecule has 124 valence electrons. The summed E-state index contributed by atoms with van der Waals surface area (Å²) in [6.07, 6.45) is 1.66. The van der Waals surface area contributed by atoms with Crippen LogP contribution in [0.1, 0.15) is 11.3 Å². The molecule has 3 aromatic heterocycles. The fourth-order valence-electron chi connectivity index (χ4n) is 2.83. The summed E-state index contributed by atoms with van der Waals surface area (Å²) in [7, 11) is 0. The van der Waals surface area contributed by atoms with E-state index in [1.54, 1.807) is 6.20 Å². The van der Waals surface area contributed by atoms with Crippen molar-refractivity contribution in [2.45, 2.75) is 13.5 Å². The number of imidazole rings is 1. The molecular weight excluding hydrogens is 314 g/mol. The predicted octanol–water partition coefficient (Wildman–Crippen LogP) is 2.87. The van der Waals surface area contributed by atoms with Crippen molar-refractivity contribution in [3.05, 3.63) is 66.0 Å². The van der Waals surface area contributed by atoms with Crippen molar-refractivity contribution in [2.24, 2.45) is 0 Å². The number of aliphatic hydroxyl groups excluding tert-OH is 1. The molecule has 0 aliphatic heterocycles. The first-order valence-corrected chi connectivity index (χ1v) is 7.94. The van der Waals surface area contributed by atoms with Gasteiger partial charge in [0.15, 0.2) is 11.5 Å². The molecule has 0 bridgehead atoms. The van der Waals surface area contributed by atoms with Gasteiger partial charge in [0.25, 0.3) is 0 Å². The van der Waals surface area contributed by atoms with Gasteiger partial charge in [0, 0.05) is 17.6 Å². The molecular formula is C19H17N5O. The average Bonchev–Trinajstić information content (AvgIpc) is 3.00. The quantitative estimate of drug-likeness (QED) is 0.602. The lowest BCUT2D eigenvalue weighted by Crippen LogP contribution is -2.02. The molecule has 0 saturated carbocycles. The Morgan fingerprint density at radius 1 is 1.04 bits per heavy atom. The van der Waals surface area contributed by atoms with E-state index in [1.165, 1.54) is 0 Å². The number of aromatic nitrogens is 4.